The largest absolute Gasteiger partial charge is 0.341 e. The zero-order chi connectivity index (χ0) is 17.2. The molecule has 0 bridgehead atoms. The summed E-state index contributed by atoms with van der Waals surface area (Å²) in [6.45, 7) is 2.83. The number of rotatable bonds is 4. The van der Waals surface area contributed by atoms with Gasteiger partial charge in [-0.15, -0.1) is 0 Å². The highest BCUT2D eigenvalue weighted by molar-refractivity contribution is 7.92. The number of halogens is 2. The van der Waals surface area contributed by atoms with Crippen molar-refractivity contribution in [3.63, 3.8) is 0 Å². The Morgan fingerprint density at radius 1 is 1.48 bits per heavy atom. The lowest BCUT2D eigenvalue weighted by molar-refractivity contribution is -0.131. The molecule has 0 spiro atoms. The summed E-state index contributed by atoms with van der Waals surface area (Å²) >= 11 is 5.70. The maximum Gasteiger partial charge on any atom is 0.243 e. The summed E-state index contributed by atoms with van der Waals surface area (Å²) in [5.74, 6) is -0.717. The molecule has 1 aliphatic heterocycles. The van der Waals surface area contributed by atoms with Crippen LogP contribution in [-0.4, -0.2) is 45.1 Å². The lowest BCUT2D eigenvalue weighted by atomic mass is 10.0. The number of sulfonamides is 1. The molecule has 1 fully saturated rings. The van der Waals surface area contributed by atoms with Gasteiger partial charge in [0.25, 0.3) is 0 Å². The van der Waals surface area contributed by atoms with Crippen LogP contribution in [0, 0.1) is 11.7 Å². The number of nitrogens with zero attached hydrogens (tertiary/aromatic N) is 2. The molecule has 1 aromatic carbocycles. The smallest absolute Gasteiger partial charge is 0.243 e. The molecule has 0 aliphatic carbocycles. The Labute approximate surface area is 141 Å². The van der Waals surface area contributed by atoms with Gasteiger partial charge in [0.2, 0.25) is 15.9 Å². The fourth-order valence-electron chi connectivity index (χ4n) is 2.70. The number of likely N-dealkylation sites (tertiary alicyclic amines) is 1. The maximum absolute atomic E-state index is 14.1. The number of carbonyl (C=O) groups is 1. The number of anilines is 1. The second kappa shape index (κ2) is 7.05. The summed E-state index contributed by atoms with van der Waals surface area (Å²) in [7, 11) is -3.80. The molecule has 0 N–H and O–H groups in total. The summed E-state index contributed by atoms with van der Waals surface area (Å²) in [6, 6.07) is 3.69. The van der Waals surface area contributed by atoms with Crippen LogP contribution in [0.15, 0.2) is 18.2 Å². The van der Waals surface area contributed by atoms with Gasteiger partial charge in [0.15, 0.2) is 0 Å². The average molecular weight is 363 g/mol. The van der Waals surface area contributed by atoms with Gasteiger partial charge in [-0.25, -0.2) is 12.8 Å². The van der Waals surface area contributed by atoms with E-state index >= 15 is 0 Å². The van der Waals surface area contributed by atoms with E-state index in [9.17, 15) is 17.6 Å². The van der Waals surface area contributed by atoms with Gasteiger partial charge in [-0.3, -0.25) is 9.10 Å². The fraction of sp³-hybridized carbons (Fsp3) is 0.533. The van der Waals surface area contributed by atoms with E-state index in [-0.39, 0.29) is 16.6 Å². The van der Waals surface area contributed by atoms with Crippen molar-refractivity contribution >= 4 is 33.2 Å². The van der Waals surface area contributed by atoms with Crippen molar-refractivity contribution in [3.05, 3.63) is 29.0 Å². The number of piperidine rings is 1. The molecule has 1 saturated heterocycles. The normalized spacial score (nSPS) is 18.8. The predicted octanol–water partition coefficient (Wildman–Crippen LogP) is 2.50. The van der Waals surface area contributed by atoms with Crippen molar-refractivity contribution in [1.29, 1.82) is 0 Å². The number of amides is 1. The van der Waals surface area contributed by atoms with Gasteiger partial charge in [0.1, 0.15) is 12.4 Å². The monoisotopic (exact) mass is 362 g/mol. The summed E-state index contributed by atoms with van der Waals surface area (Å²) in [5, 5.41) is 0.163. The van der Waals surface area contributed by atoms with E-state index in [1.165, 1.54) is 12.1 Å². The summed E-state index contributed by atoms with van der Waals surface area (Å²) in [4.78, 5) is 14.1. The van der Waals surface area contributed by atoms with Gasteiger partial charge in [-0.1, -0.05) is 18.5 Å². The quantitative estimate of drug-likeness (QED) is 0.826. The van der Waals surface area contributed by atoms with Gasteiger partial charge >= 0.3 is 0 Å². The third-order valence-corrected chi connectivity index (χ3v) is 5.23. The van der Waals surface area contributed by atoms with Crippen molar-refractivity contribution in [2.75, 3.05) is 30.2 Å². The van der Waals surface area contributed by atoms with E-state index in [2.05, 4.69) is 0 Å². The molecule has 8 heteroatoms. The summed E-state index contributed by atoms with van der Waals surface area (Å²) in [5.41, 5.74) is -0.171. The topological polar surface area (TPSA) is 57.7 Å². The molecular weight excluding hydrogens is 343 g/mol. The van der Waals surface area contributed by atoms with Crippen LogP contribution in [-0.2, 0) is 14.8 Å². The number of carbonyl (C=O) groups excluding carboxylic acids is 1. The van der Waals surface area contributed by atoms with Crippen LogP contribution in [0.3, 0.4) is 0 Å². The molecule has 0 aromatic heterocycles. The van der Waals surface area contributed by atoms with Crippen LogP contribution >= 0.6 is 11.6 Å². The third-order valence-electron chi connectivity index (χ3n) is 3.87. The van der Waals surface area contributed by atoms with Crippen molar-refractivity contribution in [2.45, 2.75) is 19.8 Å². The Balaban J connectivity index is 2.24. The Hall–Kier alpha value is -1.34. The van der Waals surface area contributed by atoms with E-state index < -0.39 is 22.4 Å². The van der Waals surface area contributed by atoms with Crippen molar-refractivity contribution in [3.8, 4) is 0 Å². The zero-order valence-electron chi connectivity index (χ0n) is 13.1. The molecule has 0 saturated carbocycles. The fourth-order valence-corrected chi connectivity index (χ4v) is 3.71. The van der Waals surface area contributed by atoms with E-state index in [4.69, 9.17) is 11.6 Å². The van der Waals surface area contributed by atoms with Gasteiger partial charge in [0.05, 0.1) is 11.9 Å². The Kier molecular flexibility index (Phi) is 5.52. The van der Waals surface area contributed by atoms with Crippen molar-refractivity contribution in [1.82, 2.24) is 4.90 Å². The molecule has 1 atom stereocenters. The average Bonchev–Trinajstić information content (AvgIpc) is 2.44. The molecule has 1 aromatic rings. The molecule has 128 valence electrons. The highest BCUT2D eigenvalue weighted by atomic mass is 35.5. The first-order chi connectivity index (χ1) is 10.7. The van der Waals surface area contributed by atoms with Crippen molar-refractivity contribution < 1.29 is 17.6 Å². The SMILES string of the molecule is CC1CCCN(C(=O)CN(c2ccc(Cl)cc2F)S(C)(=O)=O)C1. The first-order valence-electron chi connectivity index (χ1n) is 7.39. The Bertz CT molecular complexity index is 696. The minimum absolute atomic E-state index is 0.163. The summed E-state index contributed by atoms with van der Waals surface area (Å²) in [6.07, 6.45) is 2.89. The van der Waals surface area contributed by atoms with Crippen LogP contribution in [0.4, 0.5) is 10.1 Å². The van der Waals surface area contributed by atoms with Crippen LogP contribution < -0.4 is 4.31 Å². The molecule has 1 aliphatic rings. The van der Waals surface area contributed by atoms with Crippen LogP contribution in [0.1, 0.15) is 19.8 Å². The van der Waals surface area contributed by atoms with Gasteiger partial charge in [-0.2, -0.15) is 0 Å². The molecular formula is C15H20ClFN2O3S. The third kappa shape index (κ3) is 4.57. The molecule has 5 nitrogen and oxygen atoms in total. The molecule has 23 heavy (non-hydrogen) atoms. The molecule has 1 heterocycles. The molecule has 0 radical (unpaired) electrons. The van der Waals surface area contributed by atoms with Gasteiger partial charge in [0, 0.05) is 18.1 Å². The lowest BCUT2D eigenvalue weighted by Gasteiger charge is -2.33. The highest BCUT2D eigenvalue weighted by Crippen LogP contribution is 2.25. The van der Waals surface area contributed by atoms with Crippen LogP contribution in [0.25, 0.3) is 0 Å². The maximum atomic E-state index is 14.1. The van der Waals surface area contributed by atoms with Gasteiger partial charge in [-0.05, 0) is 37.0 Å². The van der Waals surface area contributed by atoms with Gasteiger partial charge < -0.3 is 4.90 Å². The van der Waals surface area contributed by atoms with E-state index in [0.29, 0.717) is 19.0 Å². The number of benzene rings is 1. The Morgan fingerprint density at radius 3 is 2.74 bits per heavy atom. The minimum Gasteiger partial charge on any atom is -0.341 e. The lowest BCUT2D eigenvalue weighted by Crippen LogP contribution is -2.46. The molecule has 1 amide bonds. The van der Waals surface area contributed by atoms with Crippen molar-refractivity contribution in [2.24, 2.45) is 5.92 Å². The highest BCUT2D eigenvalue weighted by Gasteiger charge is 2.28. The molecule has 1 unspecified atom stereocenters. The summed E-state index contributed by atoms with van der Waals surface area (Å²) < 4.78 is 38.9. The first-order valence-corrected chi connectivity index (χ1v) is 9.61. The van der Waals surface area contributed by atoms with E-state index in [0.717, 1.165) is 29.5 Å². The second-order valence-corrected chi connectivity index (χ2v) is 8.30. The van der Waals surface area contributed by atoms with Crippen LogP contribution in [0.2, 0.25) is 5.02 Å². The van der Waals surface area contributed by atoms with E-state index in [1.807, 2.05) is 6.92 Å². The predicted molar refractivity (Wildman–Crippen MR) is 88.6 cm³/mol. The number of hydrogen-bond donors (Lipinski definition) is 0. The number of hydrogen-bond acceptors (Lipinski definition) is 3. The van der Waals surface area contributed by atoms with Crippen LogP contribution in [0.5, 0.6) is 0 Å². The first kappa shape index (κ1) is 18.0. The Morgan fingerprint density at radius 2 is 2.17 bits per heavy atom. The molecule has 2 rings (SSSR count). The minimum atomic E-state index is -3.80. The van der Waals surface area contributed by atoms with E-state index in [1.54, 1.807) is 4.90 Å². The standard InChI is InChI=1S/C15H20ClFN2O3S/c1-11-4-3-7-18(9-11)15(20)10-19(23(2,21)22)14-6-5-12(16)8-13(14)17/h5-6,8,11H,3-4,7,9-10H2,1-2H3. The zero-order valence-corrected chi connectivity index (χ0v) is 14.7. The second-order valence-electron chi connectivity index (χ2n) is 5.95.